The quantitative estimate of drug-likeness (QED) is 0.442. The molecule has 3 atom stereocenters. The van der Waals surface area contributed by atoms with Crippen LogP contribution in [0.1, 0.15) is 16.1 Å². The Morgan fingerprint density at radius 2 is 2.07 bits per heavy atom. The van der Waals surface area contributed by atoms with Crippen molar-refractivity contribution in [1.29, 1.82) is 0 Å². The number of hydrogen-bond donors (Lipinski definition) is 5. The zero-order valence-corrected chi connectivity index (χ0v) is 15.8. The molecule has 3 unspecified atom stereocenters. The molecule has 0 bridgehead atoms. The summed E-state index contributed by atoms with van der Waals surface area (Å²) < 4.78 is 4.87. The number of carbonyl (C=O) groups excluding carboxylic acids is 3. The standard InChI is InChI=1S/C17H20N6O4S/c1-9-7-11(23-27-9)19-12(24)8-28-17-21-14(18)13(16(26)22-17)20-15(25)10-5-3-2-4-6-10/h2-7,13-14,17,21H,8,18H2,1H3,(H,20,25)(H,22,26)(H,19,23,24). The maximum atomic E-state index is 12.3. The Morgan fingerprint density at radius 1 is 1.32 bits per heavy atom. The Labute approximate surface area is 165 Å². The van der Waals surface area contributed by atoms with E-state index in [4.69, 9.17) is 10.3 Å². The molecule has 1 aromatic carbocycles. The first-order chi connectivity index (χ1) is 13.4. The van der Waals surface area contributed by atoms with Gasteiger partial charge in [0.15, 0.2) is 5.82 Å². The molecule has 0 saturated carbocycles. The number of aryl methyl sites for hydroxylation is 1. The summed E-state index contributed by atoms with van der Waals surface area (Å²) >= 11 is 1.15. The Balaban J connectivity index is 1.48. The van der Waals surface area contributed by atoms with Gasteiger partial charge in [-0.25, -0.2) is 0 Å². The number of nitrogens with one attached hydrogen (secondary N) is 4. The molecule has 0 radical (unpaired) electrons. The van der Waals surface area contributed by atoms with Gasteiger partial charge in [0, 0.05) is 11.6 Å². The summed E-state index contributed by atoms with van der Waals surface area (Å²) in [6, 6.07) is 9.19. The molecule has 1 aliphatic rings. The number of anilines is 1. The number of nitrogens with two attached hydrogens (primary N) is 1. The topological polar surface area (TPSA) is 151 Å². The predicted molar refractivity (Wildman–Crippen MR) is 103 cm³/mol. The molecular formula is C17H20N6O4S. The summed E-state index contributed by atoms with van der Waals surface area (Å²) in [6.45, 7) is 1.72. The molecule has 6 N–H and O–H groups in total. The zero-order chi connectivity index (χ0) is 20.1. The van der Waals surface area contributed by atoms with Gasteiger partial charge in [-0.2, -0.15) is 0 Å². The number of benzene rings is 1. The van der Waals surface area contributed by atoms with Crippen LogP contribution < -0.4 is 27.0 Å². The molecular weight excluding hydrogens is 384 g/mol. The highest BCUT2D eigenvalue weighted by Gasteiger charge is 2.35. The van der Waals surface area contributed by atoms with E-state index in [1.165, 1.54) is 0 Å². The Morgan fingerprint density at radius 3 is 2.71 bits per heavy atom. The van der Waals surface area contributed by atoms with Crippen molar-refractivity contribution < 1.29 is 18.9 Å². The van der Waals surface area contributed by atoms with Crippen LogP contribution in [-0.2, 0) is 9.59 Å². The normalized spacial score (nSPS) is 21.6. The maximum Gasteiger partial charge on any atom is 0.252 e. The fourth-order valence-corrected chi connectivity index (χ4v) is 3.36. The Bertz CT molecular complexity index is 858. The van der Waals surface area contributed by atoms with Gasteiger partial charge >= 0.3 is 0 Å². The molecule has 3 amide bonds. The van der Waals surface area contributed by atoms with Crippen molar-refractivity contribution in [2.24, 2.45) is 5.73 Å². The van der Waals surface area contributed by atoms with Crippen molar-refractivity contribution >= 4 is 35.3 Å². The van der Waals surface area contributed by atoms with E-state index < -0.39 is 29.5 Å². The lowest BCUT2D eigenvalue weighted by molar-refractivity contribution is -0.125. The molecule has 3 rings (SSSR count). The maximum absolute atomic E-state index is 12.3. The molecule has 0 aliphatic carbocycles. The van der Waals surface area contributed by atoms with Gasteiger partial charge in [-0.1, -0.05) is 23.4 Å². The number of amides is 3. The largest absolute Gasteiger partial charge is 0.360 e. The van der Waals surface area contributed by atoms with Crippen molar-refractivity contribution in [2.45, 2.75) is 24.6 Å². The fraction of sp³-hybridized carbons (Fsp3) is 0.294. The van der Waals surface area contributed by atoms with Crippen LogP contribution in [0.2, 0.25) is 0 Å². The van der Waals surface area contributed by atoms with E-state index in [2.05, 4.69) is 26.4 Å². The van der Waals surface area contributed by atoms with E-state index in [0.717, 1.165) is 11.8 Å². The van der Waals surface area contributed by atoms with Crippen LogP contribution in [0, 0.1) is 6.92 Å². The molecule has 28 heavy (non-hydrogen) atoms. The first-order valence-electron chi connectivity index (χ1n) is 8.45. The van der Waals surface area contributed by atoms with Crippen molar-refractivity contribution in [1.82, 2.24) is 21.1 Å². The number of rotatable bonds is 6. The van der Waals surface area contributed by atoms with Gasteiger partial charge in [-0.3, -0.25) is 19.7 Å². The molecule has 1 aromatic heterocycles. The third-order valence-electron chi connectivity index (χ3n) is 3.86. The summed E-state index contributed by atoms with van der Waals surface area (Å²) in [7, 11) is 0. The van der Waals surface area contributed by atoms with Crippen molar-refractivity contribution in [3.63, 3.8) is 0 Å². The van der Waals surface area contributed by atoms with Gasteiger partial charge in [-0.15, -0.1) is 11.8 Å². The average molecular weight is 404 g/mol. The van der Waals surface area contributed by atoms with E-state index in [1.54, 1.807) is 43.3 Å². The van der Waals surface area contributed by atoms with E-state index in [-0.39, 0.29) is 11.7 Å². The second kappa shape index (κ2) is 8.87. The lowest BCUT2D eigenvalue weighted by atomic mass is 10.1. The first kappa shape index (κ1) is 19.9. The van der Waals surface area contributed by atoms with Crippen LogP contribution >= 0.6 is 11.8 Å². The number of nitrogens with zero attached hydrogens (tertiary/aromatic N) is 1. The molecule has 0 spiro atoms. The predicted octanol–water partition coefficient (Wildman–Crippen LogP) is -0.259. The van der Waals surface area contributed by atoms with Crippen molar-refractivity contribution in [3.05, 3.63) is 47.7 Å². The van der Waals surface area contributed by atoms with Crippen LogP contribution in [-0.4, -0.2) is 46.3 Å². The third-order valence-corrected chi connectivity index (χ3v) is 4.87. The average Bonchev–Trinajstić information content (AvgIpc) is 3.08. The van der Waals surface area contributed by atoms with Gasteiger partial charge < -0.3 is 26.2 Å². The van der Waals surface area contributed by atoms with E-state index in [9.17, 15) is 14.4 Å². The van der Waals surface area contributed by atoms with Gasteiger partial charge in [0.2, 0.25) is 11.8 Å². The number of thioether (sulfide) groups is 1. The summed E-state index contributed by atoms with van der Waals surface area (Å²) in [6.07, 6.45) is -0.805. The minimum atomic E-state index is -0.934. The SMILES string of the molecule is Cc1cc(NC(=O)CSC2NC(=O)C(NC(=O)c3ccccc3)C(N)N2)no1. The van der Waals surface area contributed by atoms with Crippen molar-refractivity contribution in [2.75, 3.05) is 11.1 Å². The molecule has 11 heteroatoms. The number of carbonyl (C=O) groups is 3. The lowest BCUT2D eigenvalue weighted by Crippen LogP contribution is -2.70. The second-order valence-electron chi connectivity index (χ2n) is 6.08. The minimum Gasteiger partial charge on any atom is -0.360 e. The lowest BCUT2D eigenvalue weighted by Gasteiger charge is -2.35. The van der Waals surface area contributed by atoms with Crippen LogP contribution in [0.25, 0.3) is 0 Å². The van der Waals surface area contributed by atoms with E-state index >= 15 is 0 Å². The molecule has 1 fully saturated rings. The van der Waals surface area contributed by atoms with Crippen molar-refractivity contribution in [3.8, 4) is 0 Å². The summed E-state index contributed by atoms with van der Waals surface area (Å²) in [5.74, 6) is -0.172. The van der Waals surface area contributed by atoms with Crippen LogP contribution in [0.5, 0.6) is 0 Å². The summed E-state index contributed by atoms with van der Waals surface area (Å²) in [4.78, 5) is 36.5. The summed E-state index contributed by atoms with van der Waals surface area (Å²) in [5, 5.41) is 14.5. The smallest absolute Gasteiger partial charge is 0.252 e. The fourth-order valence-electron chi connectivity index (χ4n) is 2.52. The van der Waals surface area contributed by atoms with E-state index in [1.807, 2.05) is 0 Å². The van der Waals surface area contributed by atoms with Crippen LogP contribution in [0.4, 0.5) is 5.82 Å². The van der Waals surface area contributed by atoms with Gasteiger partial charge in [-0.05, 0) is 19.1 Å². The first-order valence-corrected chi connectivity index (χ1v) is 9.50. The second-order valence-corrected chi connectivity index (χ2v) is 7.17. The van der Waals surface area contributed by atoms with Gasteiger partial charge in [0.25, 0.3) is 5.91 Å². The number of hydrogen-bond acceptors (Lipinski definition) is 8. The highest BCUT2D eigenvalue weighted by Crippen LogP contribution is 2.13. The Kier molecular flexibility index (Phi) is 6.29. The van der Waals surface area contributed by atoms with Crippen LogP contribution in [0.15, 0.2) is 40.9 Å². The highest BCUT2D eigenvalue weighted by molar-refractivity contribution is 8.00. The zero-order valence-electron chi connectivity index (χ0n) is 15.0. The molecule has 2 aromatic rings. The van der Waals surface area contributed by atoms with Gasteiger partial charge in [0.05, 0.1) is 11.9 Å². The third kappa shape index (κ3) is 5.09. The molecule has 1 saturated heterocycles. The summed E-state index contributed by atoms with van der Waals surface area (Å²) in [5.41, 5.74) is 5.85. The molecule has 1 aliphatic heterocycles. The van der Waals surface area contributed by atoms with Gasteiger partial charge in [0.1, 0.15) is 17.3 Å². The Hall–Kier alpha value is -2.89. The van der Waals surface area contributed by atoms with Crippen LogP contribution in [0.3, 0.4) is 0 Å². The highest BCUT2D eigenvalue weighted by atomic mass is 32.2. The molecule has 10 nitrogen and oxygen atoms in total. The monoisotopic (exact) mass is 404 g/mol. The number of aromatic nitrogens is 1. The van der Waals surface area contributed by atoms with E-state index in [0.29, 0.717) is 17.1 Å². The molecule has 2 heterocycles. The molecule has 148 valence electrons. The minimum absolute atomic E-state index is 0.0532.